The van der Waals surface area contributed by atoms with Crippen LogP contribution in [-0.2, 0) is 20.0 Å². The SMILES string of the molecule is CCc1nn(C)c(CNCC2(SC)CCCC2)c1Br. The largest absolute Gasteiger partial charge is 0.310 e. The van der Waals surface area contributed by atoms with Crippen molar-refractivity contribution in [2.75, 3.05) is 12.8 Å². The summed E-state index contributed by atoms with van der Waals surface area (Å²) < 4.78 is 3.64. The summed E-state index contributed by atoms with van der Waals surface area (Å²) in [7, 11) is 2.03. The Morgan fingerprint density at radius 2 is 2.11 bits per heavy atom. The summed E-state index contributed by atoms with van der Waals surface area (Å²) >= 11 is 5.71. The first-order valence-electron chi connectivity index (χ1n) is 7.08. The van der Waals surface area contributed by atoms with Gasteiger partial charge >= 0.3 is 0 Å². The number of thioether (sulfide) groups is 1. The van der Waals surface area contributed by atoms with E-state index in [-0.39, 0.29) is 0 Å². The predicted octanol–water partition coefficient (Wildman–Crippen LogP) is 3.51. The number of aromatic nitrogens is 2. The van der Waals surface area contributed by atoms with Crippen LogP contribution in [0, 0.1) is 0 Å². The summed E-state index contributed by atoms with van der Waals surface area (Å²) in [5, 5.41) is 8.18. The maximum atomic E-state index is 4.54. The molecule has 0 aliphatic heterocycles. The predicted molar refractivity (Wildman–Crippen MR) is 86.7 cm³/mol. The Bertz CT molecular complexity index is 425. The molecule has 0 saturated heterocycles. The van der Waals surface area contributed by atoms with Gasteiger partial charge in [0.2, 0.25) is 0 Å². The van der Waals surface area contributed by atoms with Crippen molar-refractivity contribution >= 4 is 27.7 Å². The first-order valence-corrected chi connectivity index (χ1v) is 9.10. The van der Waals surface area contributed by atoms with Gasteiger partial charge in [0.05, 0.1) is 15.9 Å². The highest BCUT2D eigenvalue weighted by Crippen LogP contribution is 2.39. The number of halogens is 1. The van der Waals surface area contributed by atoms with Gasteiger partial charge in [-0.3, -0.25) is 4.68 Å². The number of rotatable bonds is 6. The zero-order valence-electron chi connectivity index (χ0n) is 12.1. The third-order valence-electron chi connectivity index (χ3n) is 4.19. The standard InChI is InChI=1S/C14H24BrN3S/c1-4-11-13(15)12(18(2)17-11)9-16-10-14(19-3)7-5-6-8-14/h16H,4-10H2,1-3H3. The van der Waals surface area contributed by atoms with E-state index in [1.54, 1.807) is 0 Å². The molecule has 1 saturated carbocycles. The molecule has 0 atom stereocenters. The lowest BCUT2D eigenvalue weighted by molar-refractivity contribution is 0.521. The third-order valence-corrected chi connectivity index (χ3v) is 6.52. The van der Waals surface area contributed by atoms with E-state index in [2.05, 4.69) is 39.5 Å². The average Bonchev–Trinajstić information content (AvgIpc) is 2.98. The fourth-order valence-corrected chi connectivity index (χ4v) is 4.59. The van der Waals surface area contributed by atoms with E-state index in [1.165, 1.54) is 35.8 Å². The summed E-state index contributed by atoms with van der Waals surface area (Å²) in [5.41, 5.74) is 2.41. The van der Waals surface area contributed by atoms with Crippen LogP contribution in [0.15, 0.2) is 4.47 Å². The summed E-state index contributed by atoms with van der Waals surface area (Å²) in [4.78, 5) is 0. The second-order valence-corrected chi connectivity index (χ2v) is 7.45. The van der Waals surface area contributed by atoms with Gasteiger partial charge in [-0.2, -0.15) is 16.9 Å². The van der Waals surface area contributed by atoms with Gasteiger partial charge in [-0.1, -0.05) is 19.8 Å². The van der Waals surface area contributed by atoms with Crippen LogP contribution in [0.1, 0.15) is 44.0 Å². The molecule has 1 fully saturated rings. The van der Waals surface area contributed by atoms with Crippen LogP contribution in [0.3, 0.4) is 0 Å². The van der Waals surface area contributed by atoms with E-state index in [4.69, 9.17) is 0 Å². The molecule has 1 aromatic rings. The van der Waals surface area contributed by atoms with Gasteiger partial charge in [0, 0.05) is 24.9 Å². The molecule has 1 aliphatic carbocycles. The Morgan fingerprint density at radius 1 is 1.42 bits per heavy atom. The second kappa shape index (κ2) is 6.64. The van der Waals surface area contributed by atoms with Crippen LogP contribution in [0.4, 0.5) is 0 Å². The molecule has 0 amide bonds. The zero-order chi connectivity index (χ0) is 13.9. The molecule has 108 valence electrons. The minimum absolute atomic E-state index is 0.471. The van der Waals surface area contributed by atoms with Crippen molar-refractivity contribution < 1.29 is 0 Å². The molecule has 2 rings (SSSR count). The van der Waals surface area contributed by atoms with Crippen molar-refractivity contribution in [2.45, 2.75) is 50.3 Å². The third kappa shape index (κ3) is 3.37. The van der Waals surface area contributed by atoms with E-state index in [0.717, 1.165) is 25.2 Å². The van der Waals surface area contributed by atoms with Gasteiger partial charge in [0.25, 0.3) is 0 Å². The summed E-state index contributed by atoms with van der Waals surface area (Å²) in [6.07, 6.45) is 8.71. The fourth-order valence-electron chi connectivity index (χ4n) is 2.89. The quantitative estimate of drug-likeness (QED) is 0.855. The van der Waals surface area contributed by atoms with Gasteiger partial charge in [0.1, 0.15) is 0 Å². The van der Waals surface area contributed by atoms with Crippen molar-refractivity contribution in [3.63, 3.8) is 0 Å². The van der Waals surface area contributed by atoms with E-state index >= 15 is 0 Å². The highest BCUT2D eigenvalue weighted by atomic mass is 79.9. The molecule has 19 heavy (non-hydrogen) atoms. The highest BCUT2D eigenvalue weighted by molar-refractivity contribution is 9.10. The normalized spacial score (nSPS) is 18.1. The smallest absolute Gasteiger partial charge is 0.0767 e. The topological polar surface area (TPSA) is 29.9 Å². The van der Waals surface area contributed by atoms with Crippen LogP contribution in [0.2, 0.25) is 0 Å². The number of hydrogen-bond acceptors (Lipinski definition) is 3. The Kier molecular flexibility index (Phi) is 5.37. The number of hydrogen-bond donors (Lipinski definition) is 1. The molecule has 0 spiro atoms. The average molecular weight is 346 g/mol. The maximum absolute atomic E-state index is 4.54. The van der Waals surface area contributed by atoms with Gasteiger partial charge in [0.15, 0.2) is 0 Å². The van der Waals surface area contributed by atoms with E-state index < -0.39 is 0 Å². The van der Waals surface area contributed by atoms with Crippen molar-refractivity contribution in [1.82, 2.24) is 15.1 Å². The summed E-state index contributed by atoms with van der Waals surface area (Å²) in [6, 6.07) is 0. The molecule has 1 aromatic heterocycles. The summed E-state index contributed by atoms with van der Waals surface area (Å²) in [5.74, 6) is 0. The van der Waals surface area contributed by atoms with Crippen molar-refractivity contribution in [2.24, 2.45) is 7.05 Å². The lowest BCUT2D eigenvalue weighted by atomic mass is 10.1. The number of nitrogens with zero attached hydrogens (tertiary/aromatic N) is 2. The summed E-state index contributed by atoms with van der Waals surface area (Å²) in [6.45, 7) is 4.14. The van der Waals surface area contributed by atoms with E-state index in [1.807, 2.05) is 23.5 Å². The van der Waals surface area contributed by atoms with Crippen LogP contribution >= 0.6 is 27.7 Å². The van der Waals surface area contributed by atoms with Crippen molar-refractivity contribution in [3.05, 3.63) is 15.9 Å². The van der Waals surface area contributed by atoms with Crippen LogP contribution < -0.4 is 5.32 Å². The molecule has 1 N–H and O–H groups in total. The van der Waals surface area contributed by atoms with Crippen molar-refractivity contribution in [3.8, 4) is 0 Å². The Balaban J connectivity index is 1.94. The molecule has 0 bridgehead atoms. The van der Waals surface area contributed by atoms with Gasteiger partial charge in [-0.15, -0.1) is 0 Å². The molecule has 1 aliphatic rings. The molecule has 5 heteroatoms. The molecule has 1 heterocycles. The Hall–Kier alpha value is -0.000000000000000111. The van der Waals surface area contributed by atoms with Gasteiger partial charge in [-0.05, 0) is 41.4 Å². The first kappa shape index (κ1) is 15.4. The van der Waals surface area contributed by atoms with E-state index in [9.17, 15) is 0 Å². The molecule has 0 unspecified atom stereocenters. The minimum Gasteiger partial charge on any atom is -0.310 e. The minimum atomic E-state index is 0.471. The Morgan fingerprint density at radius 3 is 2.63 bits per heavy atom. The number of aryl methyl sites for hydroxylation is 2. The fraction of sp³-hybridized carbons (Fsp3) is 0.786. The van der Waals surface area contributed by atoms with Crippen LogP contribution in [0.5, 0.6) is 0 Å². The lowest BCUT2D eigenvalue weighted by Crippen LogP contribution is -2.35. The molecule has 0 aromatic carbocycles. The second-order valence-electron chi connectivity index (χ2n) is 5.38. The lowest BCUT2D eigenvalue weighted by Gasteiger charge is -2.27. The maximum Gasteiger partial charge on any atom is 0.0767 e. The first-order chi connectivity index (χ1) is 9.12. The zero-order valence-corrected chi connectivity index (χ0v) is 14.5. The van der Waals surface area contributed by atoms with Gasteiger partial charge in [-0.25, -0.2) is 0 Å². The molecule has 0 radical (unpaired) electrons. The van der Waals surface area contributed by atoms with Crippen LogP contribution in [-0.4, -0.2) is 27.3 Å². The van der Waals surface area contributed by atoms with E-state index in [0.29, 0.717) is 4.75 Å². The molecule has 3 nitrogen and oxygen atoms in total. The molecular weight excluding hydrogens is 322 g/mol. The van der Waals surface area contributed by atoms with Crippen molar-refractivity contribution in [1.29, 1.82) is 0 Å². The number of nitrogens with one attached hydrogen (secondary N) is 1. The van der Waals surface area contributed by atoms with Gasteiger partial charge < -0.3 is 5.32 Å². The highest BCUT2D eigenvalue weighted by Gasteiger charge is 2.32. The molecular formula is C14H24BrN3S. The van der Waals surface area contributed by atoms with Crippen LogP contribution in [0.25, 0.3) is 0 Å². The monoisotopic (exact) mass is 345 g/mol. The Labute approximate surface area is 129 Å².